The van der Waals surface area contributed by atoms with Crippen LogP contribution in [0.25, 0.3) is 16.6 Å². The fraction of sp³-hybridized carbons (Fsp3) is 0.156. The van der Waals surface area contributed by atoms with E-state index in [-0.39, 0.29) is 11.5 Å². The number of amides is 1. The maximum Gasteiger partial charge on any atom is 0.266 e. The van der Waals surface area contributed by atoms with Crippen molar-refractivity contribution in [2.45, 2.75) is 25.8 Å². The van der Waals surface area contributed by atoms with Crippen molar-refractivity contribution >= 4 is 16.8 Å². The van der Waals surface area contributed by atoms with Crippen LogP contribution in [0.1, 0.15) is 41.1 Å². The lowest BCUT2D eigenvalue weighted by molar-refractivity contribution is 0.0661. The predicted octanol–water partition coefficient (Wildman–Crippen LogP) is 6.50. The van der Waals surface area contributed by atoms with E-state index in [0.717, 1.165) is 5.56 Å². The normalized spacial score (nSPS) is 11.9. The van der Waals surface area contributed by atoms with Crippen LogP contribution in [0.4, 0.5) is 8.78 Å². The number of carbonyl (C=O) groups is 1. The summed E-state index contributed by atoms with van der Waals surface area (Å²) < 4.78 is 28.9. The largest absolute Gasteiger partial charge is 0.328 e. The lowest BCUT2D eigenvalue weighted by Crippen LogP contribution is -2.39. The molecule has 0 N–H and O–H groups in total. The van der Waals surface area contributed by atoms with Crippen molar-refractivity contribution in [3.8, 4) is 5.69 Å². The fourth-order valence-electron chi connectivity index (χ4n) is 4.81. The molecule has 0 aliphatic heterocycles. The summed E-state index contributed by atoms with van der Waals surface area (Å²) in [4.78, 5) is 34.3. The van der Waals surface area contributed by atoms with Crippen molar-refractivity contribution in [2.75, 3.05) is 6.54 Å². The van der Waals surface area contributed by atoms with Crippen molar-refractivity contribution in [1.29, 1.82) is 0 Å². The van der Waals surface area contributed by atoms with Crippen LogP contribution in [0.3, 0.4) is 0 Å². The van der Waals surface area contributed by atoms with Gasteiger partial charge in [-0.15, -0.1) is 0 Å². The second-order valence-electron chi connectivity index (χ2n) is 9.27. The summed E-state index contributed by atoms with van der Waals surface area (Å²) >= 11 is 0. The van der Waals surface area contributed by atoms with Gasteiger partial charge in [0.2, 0.25) is 0 Å². The summed E-state index contributed by atoms with van der Waals surface area (Å²) in [5.74, 6) is -0.789. The van der Waals surface area contributed by atoms with Gasteiger partial charge in [-0.2, -0.15) is 0 Å². The number of fused-ring (bicyclic) bond motifs is 1. The van der Waals surface area contributed by atoms with Gasteiger partial charge in [0.25, 0.3) is 11.5 Å². The van der Waals surface area contributed by atoms with Gasteiger partial charge in [-0.3, -0.25) is 14.2 Å². The molecule has 7 heteroatoms. The first-order valence-electron chi connectivity index (χ1n) is 12.8. The molecule has 1 heterocycles. The van der Waals surface area contributed by atoms with Crippen molar-refractivity contribution < 1.29 is 13.6 Å². The van der Waals surface area contributed by atoms with Crippen LogP contribution in [0, 0.1) is 11.6 Å². The highest BCUT2D eigenvalue weighted by Crippen LogP contribution is 2.28. The third kappa shape index (κ3) is 5.48. The molecular formula is C32H27F2N3O2. The summed E-state index contributed by atoms with van der Waals surface area (Å²) in [6, 6.07) is 27.3. The van der Waals surface area contributed by atoms with E-state index in [1.54, 1.807) is 29.2 Å². The Kier molecular flexibility index (Phi) is 7.59. The highest BCUT2D eigenvalue weighted by atomic mass is 19.1. The Bertz CT molecular complexity index is 1650. The van der Waals surface area contributed by atoms with Gasteiger partial charge >= 0.3 is 0 Å². The van der Waals surface area contributed by atoms with Gasteiger partial charge in [-0.25, -0.2) is 13.8 Å². The number of hydrogen-bond acceptors (Lipinski definition) is 3. The summed E-state index contributed by atoms with van der Waals surface area (Å²) in [6.07, 6.45) is 1.02. The number of para-hydroxylation sites is 1. The summed E-state index contributed by atoms with van der Waals surface area (Å²) in [7, 11) is 0. The summed E-state index contributed by atoms with van der Waals surface area (Å²) in [6.45, 7) is 2.26. The van der Waals surface area contributed by atoms with Crippen LogP contribution in [0.15, 0.2) is 108 Å². The van der Waals surface area contributed by atoms with E-state index >= 15 is 0 Å². The topological polar surface area (TPSA) is 55.2 Å². The van der Waals surface area contributed by atoms with Crippen LogP contribution in [0.5, 0.6) is 0 Å². The van der Waals surface area contributed by atoms with Gasteiger partial charge in [0.1, 0.15) is 17.5 Å². The number of hydrogen-bond donors (Lipinski definition) is 0. The Labute approximate surface area is 225 Å². The molecule has 0 spiro atoms. The van der Waals surface area contributed by atoms with Crippen molar-refractivity contribution in [3.05, 3.63) is 142 Å². The molecule has 39 heavy (non-hydrogen) atoms. The molecule has 5 aromatic rings. The minimum atomic E-state index is -0.603. The molecule has 196 valence electrons. The third-order valence-electron chi connectivity index (χ3n) is 6.78. The van der Waals surface area contributed by atoms with E-state index in [2.05, 4.69) is 0 Å². The number of halogens is 2. The molecule has 4 aromatic carbocycles. The Balaban J connectivity index is 1.68. The lowest BCUT2D eigenvalue weighted by Gasteiger charge is -2.32. The van der Waals surface area contributed by atoms with Gasteiger partial charge in [-0.1, -0.05) is 49.4 Å². The van der Waals surface area contributed by atoms with E-state index in [9.17, 15) is 18.4 Å². The number of carbonyl (C=O) groups excluding carboxylic acids is 1. The predicted molar refractivity (Wildman–Crippen MR) is 148 cm³/mol. The highest BCUT2D eigenvalue weighted by molar-refractivity contribution is 5.94. The highest BCUT2D eigenvalue weighted by Gasteiger charge is 2.29. The maximum atomic E-state index is 13.9. The van der Waals surface area contributed by atoms with E-state index in [1.165, 1.54) is 53.1 Å². The molecule has 0 bridgehead atoms. The quantitative estimate of drug-likeness (QED) is 0.233. The second kappa shape index (κ2) is 11.4. The molecule has 5 nitrogen and oxygen atoms in total. The molecule has 0 aliphatic carbocycles. The molecule has 1 aromatic heterocycles. The first kappa shape index (κ1) is 26.0. The Morgan fingerprint density at radius 3 is 2.13 bits per heavy atom. The number of aromatic nitrogens is 2. The van der Waals surface area contributed by atoms with Gasteiger partial charge in [0.05, 0.1) is 22.6 Å². The smallest absolute Gasteiger partial charge is 0.266 e. The van der Waals surface area contributed by atoms with Gasteiger partial charge in [0.15, 0.2) is 0 Å². The summed E-state index contributed by atoms with van der Waals surface area (Å²) in [5.41, 5.74) is 2.03. The number of rotatable bonds is 8. The van der Waals surface area contributed by atoms with Crippen molar-refractivity contribution in [3.63, 3.8) is 0 Å². The standard InChI is InChI=1S/C32H27F2N3O2/c1-2-29(36(21-20-22-8-4-3-5-9-22)31(38)23-12-14-24(33)15-13-23)30-35-28-11-7-6-10-27(28)32(39)37(30)26-18-16-25(34)17-19-26/h3-19,29H,2,20-21H2,1H3. The zero-order valence-electron chi connectivity index (χ0n) is 21.4. The zero-order chi connectivity index (χ0) is 27.4. The molecule has 1 amide bonds. The average molecular weight is 524 g/mol. The van der Waals surface area contributed by atoms with E-state index in [4.69, 9.17) is 4.98 Å². The number of benzene rings is 4. The number of nitrogens with zero attached hydrogens (tertiary/aromatic N) is 3. The minimum absolute atomic E-state index is 0.300. The molecule has 0 saturated carbocycles. The molecule has 0 saturated heterocycles. The lowest BCUT2D eigenvalue weighted by atomic mass is 10.1. The van der Waals surface area contributed by atoms with Crippen LogP contribution < -0.4 is 5.56 Å². The van der Waals surface area contributed by atoms with Crippen LogP contribution in [-0.2, 0) is 6.42 Å². The minimum Gasteiger partial charge on any atom is -0.328 e. The molecule has 1 unspecified atom stereocenters. The molecule has 5 rings (SSSR count). The van der Waals surface area contributed by atoms with Gasteiger partial charge < -0.3 is 4.90 Å². The SMILES string of the molecule is CCC(c1nc2ccccc2c(=O)n1-c1ccc(F)cc1)N(CCc1ccccc1)C(=O)c1ccc(F)cc1. The molecule has 1 atom stereocenters. The van der Waals surface area contributed by atoms with Gasteiger partial charge in [-0.05, 0) is 79.1 Å². The second-order valence-corrected chi connectivity index (χ2v) is 9.27. The Morgan fingerprint density at radius 2 is 1.46 bits per heavy atom. The molecule has 0 fully saturated rings. The Hall–Kier alpha value is -4.65. The molecular weight excluding hydrogens is 496 g/mol. The van der Waals surface area contributed by atoms with E-state index in [0.29, 0.717) is 47.4 Å². The Morgan fingerprint density at radius 1 is 0.846 bits per heavy atom. The third-order valence-corrected chi connectivity index (χ3v) is 6.78. The zero-order valence-corrected chi connectivity index (χ0v) is 21.4. The monoisotopic (exact) mass is 523 g/mol. The summed E-state index contributed by atoms with van der Waals surface area (Å²) in [5, 5.41) is 0.418. The first-order chi connectivity index (χ1) is 19.0. The van der Waals surface area contributed by atoms with Crippen LogP contribution >= 0.6 is 0 Å². The van der Waals surface area contributed by atoms with Crippen molar-refractivity contribution in [1.82, 2.24) is 14.5 Å². The fourth-order valence-corrected chi connectivity index (χ4v) is 4.81. The first-order valence-corrected chi connectivity index (χ1v) is 12.8. The maximum absolute atomic E-state index is 13.9. The molecule has 0 radical (unpaired) electrons. The van der Waals surface area contributed by atoms with Crippen LogP contribution in [-0.4, -0.2) is 26.9 Å². The van der Waals surface area contributed by atoms with E-state index in [1.807, 2.05) is 37.3 Å². The molecule has 0 aliphatic rings. The van der Waals surface area contributed by atoms with Gasteiger partial charge in [0, 0.05) is 12.1 Å². The average Bonchev–Trinajstić information content (AvgIpc) is 2.96. The van der Waals surface area contributed by atoms with Crippen LogP contribution in [0.2, 0.25) is 0 Å². The van der Waals surface area contributed by atoms with Crippen molar-refractivity contribution in [2.24, 2.45) is 0 Å². The van der Waals surface area contributed by atoms with E-state index < -0.39 is 17.7 Å².